The van der Waals surface area contributed by atoms with Gasteiger partial charge in [0, 0.05) is 7.05 Å². The van der Waals surface area contributed by atoms with Gasteiger partial charge in [0.05, 0.1) is 14.7 Å². The van der Waals surface area contributed by atoms with Gasteiger partial charge in [-0.05, 0) is 52.4 Å². The van der Waals surface area contributed by atoms with E-state index in [1.54, 1.807) is 12.1 Å². The lowest BCUT2D eigenvalue weighted by atomic mass is 10.1. The van der Waals surface area contributed by atoms with E-state index in [2.05, 4.69) is 32.6 Å². The molecule has 0 fully saturated rings. The highest BCUT2D eigenvalue weighted by molar-refractivity contribution is 14.1. The Kier molecular flexibility index (Phi) is 3.18. The average molecular weight is 388 g/mol. The number of halogens is 3. The van der Waals surface area contributed by atoms with Gasteiger partial charge in [-0.15, -0.1) is 0 Å². The van der Waals surface area contributed by atoms with Crippen molar-refractivity contribution >= 4 is 45.2 Å². The van der Waals surface area contributed by atoms with Crippen molar-refractivity contribution in [3.63, 3.8) is 0 Å². The summed E-state index contributed by atoms with van der Waals surface area (Å²) >= 11 is 8.35. The highest BCUT2D eigenvalue weighted by Gasteiger charge is 2.18. The van der Waals surface area contributed by atoms with Gasteiger partial charge in [-0.3, -0.25) is 0 Å². The van der Waals surface area contributed by atoms with Crippen LogP contribution in [-0.4, -0.2) is 14.5 Å². The smallest absolute Gasteiger partial charge is 0.146 e. The molecule has 2 aromatic heterocycles. The van der Waals surface area contributed by atoms with E-state index in [1.807, 2.05) is 11.6 Å². The fourth-order valence-corrected chi connectivity index (χ4v) is 3.65. The zero-order valence-corrected chi connectivity index (χ0v) is 12.8. The molecule has 0 N–H and O–H groups in total. The van der Waals surface area contributed by atoms with E-state index in [0.717, 1.165) is 25.9 Å². The molecule has 2 heterocycles. The molecule has 1 aromatic carbocycles. The minimum absolute atomic E-state index is 0.254. The molecule has 96 valence electrons. The standard InChI is InChI=1S/C13H8ClFIN3/c1-19-11(7-2-4-8(15)5-3-7)10(16)9-12(14)17-6-18-13(9)19/h2-6H,1H3. The maximum Gasteiger partial charge on any atom is 0.146 e. The van der Waals surface area contributed by atoms with E-state index < -0.39 is 0 Å². The van der Waals surface area contributed by atoms with Crippen LogP contribution in [0.1, 0.15) is 0 Å². The Bertz CT molecular complexity index is 768. The van der Waals surface area contributed by atoms with Crippen molar-refractivity contribution < 1.29 is 4.39 Å². The molecule has 3 rings (SSSR count). The molecular weight excluding hydrogens is 380 g/mol. The van der Waals surface area contributed by atoms with Crippen LogP contribution >= 0.6 is 34.2 Å². The third-order valence-electron chi connectivity index (χ3n) is 2.98. The van der Waals surface area contributed by atoms with Crippen molar-refractivity contribution in [3.8, 4) is 11.3 Å². The van der Waals surface area contributed by atoms with Crippen LogP contribution in [0, 0.1) is 9.39 Å². The summed E-state index contributed by atoms with van der Waals surface area (Å²) in [4.78, 5) is 8.26. The SMILES string of the molecule is Cn1c(-c2ccc(F)cc2)c(I)c2c(Cl)ncnc21. The number of aromatic nitrogens is 3. The molecule has 0 radical (unpaired) electrons. The monoisotopic (exact) mass is 387 g/mol. The second-order valence-corrected chi connectivity index (χ2v) is 5.53. The van der Waals surface area contributed by atoms with Gasteiger partial charge in [0.1, 0.15) is 22.9 Å². The summed E-state index contributed by atoms with van der Waals surface area (Å²) in [5.41, 5.74) is 2.64. The summed E-state index contributed by atoms with van der Waals surface area (Å²) in [6.45, 7) is 0. The van der Waals surface area contributed by atoms with Crippen LogP contribution in [0.5, 0.6) is 0 Å². The second-order valence-electron chi connectivity index (χ2n) is 4.09. The number of aryl methyl sites for hydroxylation is 1. The molecule has 0 bridgehead atoms. The highest BCUT2D eigenvalue weighted by Crippen LogP contribution is 2.35. The van der Waals surface area contributed by atoms with E-state index in [1.165, 1.54) is 18.5 Å². The molecule has 3 nitrogen and oxygen atoms in total. The molecule has 0 aliphatic carbocycles. The first-order chi connectivity index (χ1) is 9.09. The summed E-state index contributed by atoms with van der Waals surface area (Å²) in [6, 6.07) is 6.37. The van der Waals surface area contributed by atoms with Crippen molar-refractivity contribution in [1.29, 1.82) is 0 Å². The molecule has 3 aromatic rings. The zero-order valence-electron chi connectivity index (χ0n) is 9.86. The quantitative estimate of drug-likeness (QED) is 0.466. The zero-order chi connectivity index (χ0) is 13.6. The van der Waals surface area contributed by atoms with Crippen molar-refractivity contribution in [2.75, 3.05) is 0 Å². The lowest BCUT2D eigenvalue weighted by molar-refractivity contribution is 0.628. The van der Waals surface area contributed by atoms with Crippen LogP contribution in [0.4, 0.5) is 4.39 Å². The van der Waals surface area contributed by atoms with Gasteiger partial charge in [-0.25, -0.2) is 14.4 Å². The normalized spacial score (nSPS) is 11.2. The van der Waals surface area contributed by atoms with Crippen LogP contribution in [-0.2, 0) is 7.05 Å². The maximum atomic E-state index is 13.0. The number of rotatable bonds is 1. The van der Waals surface area contributed by atoms with Gasteiger partial charge in [0.2, 0.25) is 0 Å². The number of nitrogens with zero attached hydrogens (tertiary/aromatic N) is 3. The lowest BCUT2D eigenvalue weighted by Crippen LogP contribution is -1.94. The van der Waals surface area contributed by atoms with Crippen molar-refractivity contribution in [2.45, 2.75) is 0 Å². The number of benzene rings is 1. The second kappa shape index (κ2) is 4.72. The van der Waals surface area contributed by atoms with E-state index in [4.69, 9.17) is 11.6 Å². The number of fused-ring (bicyclic) bond motifs is 1. The topological polar surface area (TPSA) is 30.7 Å². The molecule has 0 atom stereocenters. The minimum atomic E-state index is -0.254. The Balaban J connectivity index is 2.36. The number of hydrogen-bond donors (Lipinski definition) is 0. The van der Waals surface area contributed by atoms with Crippen LogP contribution in [0.25, 0.3) is 22.3 Å². The number of hydrogen-bond acceptors (Lipinski definition) is 2. The maximum absolute atomic E-state index is 13.0. The largest absolute Gasteiger partial charge is 0.327 e. The average Bonchev–Trinajstić information content (AvgIpc) is 2.65. The van der Waals surface area contributed by atoms with Crippen LogP contribution in [0.15, 0.2) is 30.6 Å². The summed E-state index contributed by atoms with van der Waals surface area (Å²) < 4.78 is 15.9. The first-order valence-corrected chi connectivity index (χ1v) is 6.95. The summed E-state index contributed by atoms with van der Waals surface area (Å²) in [5, 5.41) is 1.25. The summed E-state index contributed by atoms with van der Waals surface area (Å²) in [6.07, 6.45) is 1.44. The lowest BCUT2D eigenvalue weighted by Gasteiger charge is -2.04. The van der Waals surface area contributed by atoms with Gasteiger partial charge in [0.15, 0.2) is 0 Å². The Morgan fingerprint density at radius 3 is 2.53 bits per heavy atom. The Labute approximate surface area is 127 Å². The molecule has 0 aliphatic heterocycles. The fraction of sp³-hybridized carbons (Fsp3) is 0.0769. The summed E-state index contributed by atoms with van der Waals surface area (Å²) in [7, 11) is 1.91. The molecule has 0 unspecified atom stereocenters. The third kappa shape index (κ3) is 2.01. The molecule has 0 saturated carbocycles. The van der Waals surface area contributed by atoms with E-state index in [9.17, 15) is 4.39 Å². The molecule has 0 spiro atoms. The third-order valence-corrected chi connectivity index (χ3v) is 4.32. The van der Waals surface area contributed by atoms with E-state index in [0.29, 0.717) is 5.15 Å². The van der Waals surface area contributed by atoms with Crippen molar-refractivity contribution in [3.05, 3.63) is 45.1 Å². The Hall–Kier alpha value is -1.21. The van der Waals surface area contributed by atoms with E-state index in [-0.39, 0.29) is 5.82 Å². The van der Waals surface area contributed by atoms with Crippen LogP contribution in [0.3, 0.4) is 0 Å². The molecule has 6 heteroatoms. The van der Waals surface area contributed by atoms with Gasteiger partial charge in [-0.1, -0.05) is 11.6 Å². The highest BCUT2D eigenvalue weighted by atomic mass is 127. The fourth-order valence-electron chi connectivity index (χ4n) is 2.10. The van der Waals surface area contributed by atoms with Gasteiger partial charge in [-0.2, -0.15) is 0 Å². The van der Waals surface area contributed by atoms with Crippen LogP contribution in [0.2, 0.25) is 5.15 Å². The predicted octanol–water partition coefficient (Wildman–Crippen LogP) is 4.03. The Morgan fingerprint density at radius 2 is 1.89 bits per heavy atom. The minimum Gasteiger partial charge on any atom is -0.327 e. The van der Waals surface area contributed by atoms with Gasteiger partial charge < -0.3 is 4.57 Å². The summed E-state index contributed by atoms with van der Waals surface area (Å²) in [5.74, 6) is -0.254. The first kappa shape index (κ1) is 12.8. The van der Waals surface area contributed by atoms with Gasteiger partial charge in [0.25, 0.3) is 0 Å². The van der Waals surface area contributed by atoms with Crippen LogP contribution < -0.4 is 0 Å². The van der Waals surface area contributed by atoms with Gasteiger partial charge >= 0.3 is 0 Å². The molecular formula is C13H8ClFIN3. The predicted molar refractivity (Wildman–Crippen MR) is 81.6 cm³/mol. The van der Waals surface area contributed by atoms with E-state index >= 15 is 0 Å². The Morgan fingerprint density at radius 1 is 1.21 bits per heavy atom. The van der Waals surface area contributed by atoms with Crippen molar-refractivity contribution in [2.24, 2.45) is 7.05 Å². The molecule has 0 amide bonds. The first-order valence-electron chi connectivity index (χ1n) is 5.50. The molecule has 0 saturated heterocycles. The van der Waals surface area contributed by atoms with Crippen molar-refractivity contribution in [1.82, 2.24) is 14.5 Å². The molecule has 19 heavy (non-hydrogen) atoms. The molecule has 0 aliphatic rings.